The third-order valence-electron chi connectivity index (χ3n) is 6.37. The van der Waals surface area contributed by atoms with Crippen molar-refractivity contribution >= 4 is 15.9 Å². The van der Waals surface area contributed by atoms with Gasteiger partial charge in [0.1, 0.15) is 11.9 Å². The molecule has 150 valence electrons. The summed E-state index contributed by atoms with van der Waals surface area (Å²) in [5, 5.41) is 19.0. The quantitative estimate of drug-likeness (QED) is 0.787. The van der Waals surface area contributed by atoms with E-state index in [1.807, 2.05) is 0 Å². The Morgan fingerprint density at radius 2 is 1.93 bits per heavy atom. The van der Waals surface area contributed by atoms with Crippen molar-refractivity contribution < 1.29 is 17.6 Å². The smallest absolute Gasteiger partial charge is 0.276 e. The molecular weight excluding hydrogens is 399 g/mol. The molecule has 1 N–H and O–H groups in total. The SMILES string of the molecule is N#Cc1cc(S(=O)(=O)N2[C@@H]3CC[C@H]2[C@@H]2CN(C(=O)c4cn[nH]n4)C[C@@H]23)ccc1F. The zero-order valence-electron chi connectivity index (χ0n) is 15.2. The van der Waals surface area contributed by atoms with E-state index in [2.05, 4.69) is 15.4 Å². The first kappa shape index (κ1) is 18.2. The van der Waals surface area contributed by atoms with Crippen molar-refractivity contribution in [1.29, 1.82) is 5.26 Å². The van der Waals surface area contributed by atoms with Crippen LogP contribution in [0.5, 0.6) is 0 Å². The highest BCUT2D eigenvalue weighted by Crippen LogP contribution is 2.51. The van der Waals surface area contributed by atoms with Crippen LogP contribution in [0.2, 0.25) is 0 Å². The van der Waals surface area contributed by atoms with Gasteiger partial charge in [-0.3, -0.25) is 4.79 Å². The second-order valence-corrected chi connectivity index (χ2v) is 9.54. The molecule has 5 rings (SSSR count). The van der Waals surface area contributed by atoms with E-state index in [0.717, 1.165) is 25.0 Å². The maximum atomic E-state index is 13.6. The van der Waals surface area contributed by atoms with Gasteiger partial charge in [-0.15, -0.1) is 0 Å². The molecule has 1 aromatic carbocycles. The third kappa shape index (κ3) is 2.59. The molecule has 3 fully saturated rings. The van der Waals surface area contributed by atoms with Crippen molar-refractivity contribution in [3.63, 3.8) is 0 Å². The number of hydrogen-bond donors (Lipinski definition) is 1. The van der Waals surface area contributed by atoms with E-state index < -0.39 is 15.8 Å². The van der Waals surface area contributed by atoms with Crippen molar-refractivity contribution in [3.05, 3.63) is 41.5 Å². The fourth-order valence-corrected chi connectivity index (χ4v) is 7.16. The van der Waals surface area contributed by atoms with Crippen LogP contribution in [0, 0.1) is 29.0 Å². The first-order valence-electron chi connectivity index (χ1n) is 9.30. The molecule has 3 saturated heterocycles. The summed E-state index contributed by atoms with van der Waals surface area (Å²) >= 11 is 0. The van der Waals surface area contributed by atoms with Crippen LogP contribution in [0.15, 0.2) is 29.3 Å². The fraction of sp³-hybridized carbons (Fsp3) is 0.444. The molecule has 9 nitrogen and oxygen atoms in total. The Balaban J connectivity index is 1.42. The van der Waals surface area contributed by atoms with Crippen molar-refractivity contribution in [2.75, 3.05) is 13.1 Å². The zero-order chi connectivity index (χ0) is 20.3. The Hall–Kier alpha value is -2.84. The molecule has 2 aromatic rings. The molecule has 0 aliphatic carbocycles. The summed E-state index contributed by atoms with van der Waals surface area (Å²) < 4.78 is 41.8. The number of benzene rings is 1. The third-order valence-corrected chi connectivity index (χ3v) is 8.31. The molecule has 1 aromatic heterocycles. The van der Waals surface area contributed by atoms with Gasteiger partial charge in [-0.25, -0.2) is 12.8 Å². The Morgan fingerprint density at radius 1 is 1.24 bits per heavy atom. The molecule has 4 atom stereocenters. The Morgan fingerprint density at radius 3 is 2.52 bits per heavy atom. The number of carbonyl (C=O) groups excluding carboxylic acids is 1. The molecule has 4 heterocycles. The lowest BCUT2D eigenvalue weighted by molar-refractivity contribution is 0.0767. The summed E-state index contributed by atoms with van der Waals surface area (Å²) in [4.78, 5) is 14.2. The molecule has 0 unspecified atom stereocenters. The van der Waals surface area contributed by atoms with Crippen molar-refractivity contribution in [1.82, 2.24) is 24.6 Å². The number of likely N-dealkylation sites (tertiary alicyclic amines) is 1. The summed E-state index contributed by atoms with van der Waals surface area (Å²) in [6.45, 7) is 0.937. The second-order valence-electron chi connectivity index (χ2n) is 7.69. The van der Waals surface area contributed by atoms with Crippen molar-refractivity contribution in [3.8, 4) is 6.07 Å². The Kier molecular flexibility index (Phi) is 3.97. The maximum Gasteiger partial charge on any atom is 0.276 e. The van der Waals surface area contributed by atoms with Crippen LogP contribution in [-0.2, 0) is 10.0 Å². The topological polar surface area (TPSA) is 123 Å². The number of aromatic nitrogens is 3. The average Bonchev–Trinajstić information content (AvgIpc) is 3.49. The molecule has 1 amide bonds. The summed E-state index contributed by atoms with van der Waals surface area (Å²) in [6.07, 6.45) is 2.83. The van der Waals surface area contributed by atoms with Gasteiger partial charge in [0.25, 0.3) is 5.91 Å². The number of nitrogens with one attached hydrogen (secondary N) is 1. The van der Waals surface area contributed by atoms with E-state index in [4.69, 9.17) is 5.26 Å². The van der Waals surface area contributed by atoms with Crippen molar-refractivity contribution in [2.45, 2.75) is 29.8 Å². The van der Waals surface area contributed by atoms with E-state index in [0.29, 0.717) is 13.1 Å². The normalized spacial score (nSPS) is 28.5. The predicted molar refractivity (Wildman–Crippen MR) is 96.2 cm³/mol. The van der Waals surface area contributed by atoms with E-state index in [9.17, 15) is 17.6 Å². The number of rotatable bonds is 3. The summed E-state index contributed by atoms with van der Waals surface area (Å²) in [5.74, 6) is -0.848. The molecule has 0 saturated carbocycles. The highest BCUT2D eigenvalue weighted by molar-refractivity contribution is 7.89. The van der Waals surface area contributed by atoms with E-state index in [1.165, 1.54) is 16.6 Å². The zero-order valence-corrected chi connectivity index (χ0v) is 16.0. The van der Waals surface area contributed by atoms with Crippen LogP contribution in [0.4, 0.5) is 4.39 Å². The largest absolute Gasteiger partial charge is 0.336 e. The van der Waals surface area contributed by atoms with Crippen LogP contribution in [0.1, 0.15) is 28.9 Å². The lowest BCUT2D eigenvalue weighted by atomic mass is 9.82. The van der Waals surface area contributed by atoms with Crippen LogP contribution in [-0.4, -0.2) is 64.1 Å². The van der Waals surface area contributed by atoms with Gasteiger partial charge in [0.15, 0.2) is 5.69 Å². The van der Waals surface area contributed by atoms with Gasteiger partial charge in [0.2, 0.25) is 10.0 Å². The molecule has 3 aliphatic rings. The molecule has 2 bridgehead atoms. The maximum absolute atomic E-state index is 13.6. The molecule has 0 radical (unpaired) electrons. The number of amides is 1. The molecule has 29 heavy (non-hydrogen) atoms. The van der Waals surface area contributed by atoms with E-state index >= 15 is 0 Å². The Bertz CT molecular complexity index is 1110. The van der Waals surface area contributed by atoms with E-state index in [-0.39, 0.29) is 46.0 Å². The molecular formula is C18H17FN6O3S. The van der Waals surface area contributed by atoms with Crippen LogP contribution < -0.4 is 0 Å². The number of fused-ring (bicyclic) bond motifs is 5. The van der Waals surface area contributed by atoms with Crippen LogP contribution in [0.3, 0.4) is 0 Å². The average molecular weight is 416 g/mol. The van der Waals surface area contributed by atoms with Gasteiger partial charge in [0.05, 0.1) is 16.7 Å². The number of carbonyl (C=O) groups is 1. The van der Waals surface area contributed by atoms with Gasteiger partial charge in [-0.1, -0.05) is 0 Å². The summed E-state index contributed by atoms with van der Waals surface area (Å²) in [7, 11) is -3.86. The standard InChI is InChI=1S/C18H17FN6O3S/c19-14-2-1-11(5-10(14)6-20)29(27,28)25-16-3-4-17(25)13-9-24(8-12(13)16)18(26)15-7-21-23-22-15/h1-2,5,7,12-13,16-17H,3-4,8-9H2,(H,21,22,23)/t12-,13+,16+,17-. The van der Waals surface area contributed by atoms with Gasteiger partial charge < -0.3 is 4.90 Å². The highest BCUT2D eigenvalue weighted by atomic mass is 32.2. The number of sulfonamides is 1. The number of nitrogens with zero attached hydrogens (tertiary/aromatic N) is 5. The van der Waals surface area contributed by atoms with Gasteiger partial charge >= 0.3 is 0 Å². The highest BCUT2D eigenvalue weighted by Gasteiger charge is 2.60. The lowest BCUT2D eigenvalue weighted by Gasteiger charge is -2.26. The van der Waals surface area contributed by atoms with Gasteiger partial charge in [-0.2, -0.15) is 25.0 Å². The minimum atomic E-state index is -3.86. The molecule has 3 aliphatic heterocycles. The summed E-state index contributed by atoms with van der Waals surface area (Å²) in [6, 6.07) is 4.60. The Labute approximate surface area is 166 Å². The second kappa shape index (κ2) is 6.33. The predicted octanol–water partition coefficient (Wildman–Crippen LogP) is 0.739. The summed E-state index contributed by atoms with van der Waals surface area (Å²) in [5.41, 5.74) is -0.0423. The minimum Gasteiger partial charge on any atom is -0.336 e. The number of nitriles is 1. The molecule has 0 spiro atoms. The lowest BCUT2D eigenvalue weighted by Crippen LogP contribution is -2.41. The molecule has 11 heteroatoms. The minimum absolute atomic E-state index is 0.0512. The fourth-order valence-electron chi connectivity index (χ4n) is 5.18. The first-order chi connectivity index (χ1) is 13.9. The van der Waals surface area contributed by atoms with Crippen LogP contribution >= 0.6 is 0 Å². The van der Waals surface area contributed by atoms with E-state index in [1.54, 1.807) is 11.0 Å². The van der Waals surface area contributed by atoms with Gasteiger partial charge in [-0.05, 0) is 42.9 Å². The first-order valence-corrected chi connectivity index (χ1v) is 10.7. The number of halogens is 1. The number of hydrogen-bond acceptors (Lipinski definition) is 6. The van der Waals surface area contributed by atoms with Gasteiger partial charge in [0, 0.05) is 25.2 Å². The van der Waals surface area contributed by atoms with Crippen molar-refractivity contribution in [2.24, 2.45) is 11.8 Å². The monoisotopic (exact) mass is 416 g/mol. The number of H-pyrrole nitrogens is 1. The number of aromatic amines is 1. The van der Waals surface area contributed by atoms with Crippen LogP contribution in [0.25, 0.3) is 0 Å².